The summed E-state index contributed by atoms with van der Waals surface area (Å²) in [5.74, 6) is 0. The standard InChI is InChI=1S/C5H5.Na/c1-2-4-5-3-1;/h1-3H,4H2;/q-1;+1. The van der Waals surface area contributed by atoms with Crippen LogP contribution in [0.5, 0.6) is 0 Å². The molecule has 1 aliphatic rings. The Morgan fingerprint density at radius 1 is 1.50 bits per heavy atom. The van der Waals surface area contributed by atoms with E-state index in [1.807, 2.05) is 12.2 Å². The maximum absolute atomic E-state index is 2.99. The molecule has 0 aromatic rings. The molecular formula is C5H5Na. The minimum Gasteiger partial charge on any atom is -0.273 e. The van der Waals surface area contributed by atoms with Crippen molar-refractivity contribution in [1.29, 1.82) is 0 Å². The van der Waals surface area contributed by atoms with Gasteiger partial charge in [-0.1, -0.05) is 0 Å². The van der Waals surface area contributed by atoms with Gasteiger partial charge in [-0.05, 0) is 0 Å². The molecule has 0 radical (unpaired) electrons. The van der Waals surface area contributed by atoms with Crippen LogP contribution in [-0.2, 0) is 0 Å². The molecule has 0 heterocycles. The van der Waals surface area contributed by atoms with Crippen LogP contribution in [0.15, 0.2) is 18.2 Å². The molecule has 0 nitrogen and oxygen atoms in total. The zero-order chi connectivity index (χ0) is 3.54. The van der Waals surface area contributed by atoms with Crippen molar-refractivity contribution in [3.05, 3.63) is 24.3 Å². The fraction of sp³-hybridized carbons (Fsp3) is 0.200. The summed E-state index contributed by atoms with van der Waals surface area (Å²) in [6.07, 6.45) is 10.0. The van der Waals surface area contributed by atoms with Crippen molar-refractivity contribution in [1.82, 2.24) is 0 Å². The van der Waals surface area contributed by atoms with Crippen molar-refractivity contribution < 1.29 is 29.6 Å². The molecule has 0 fully saturated rings. The molecule has 1 aliphatic carbocycles. The predicted molar refractivity (Wildman–Crippen MR) is 21.6 cm³/mol. The van der Waals surface area contributed by atoms with Crippen molar-refractivity contribution >= 4 is 0 Å². The monoisotopic (exact) mass is 88.0 g/mol. The van der Waals surface area contributed by atoms with Gasteiger partial charge in [0.2, 0.25) is 0 Å². The summed E-state index contributed by atoms with van der Waals surface area (Å²) in [6, 6.07) is 0. The smallest absolute Gasteiger partial charge is 0.273 e. The Balaban J connectivity index is 0.000000250. The van der Waals surface area contributed by atoms with Crippen LogP contribution in [0.1, 0.15) is 6.42 Å². The first-order valence-electron chi connectivity index (χ1n) is 1.72. The van der Waals surface area contributed by atoms with Gasteiger partial charge in [0.25, 0.3) is 0 Å². The average molecular weight is 88.1 g/mol. The summed E-state index contributed by atoms with van der Waals surface area (Å²) in [4.78, 5) is 0. The van der Waals surface area contributed by atoms with E-state index >= 15 is 0 Å². The summed E-state index contributed by atoms with van der Waals surface area (Å²) < 4.78 is 0. The maximum Gasteiger partial charge on any atom is 1.00 e. The largest absolute Gasteiger partial charge is 1.00 e. The first-order chi connectivity index (χ1) is 2.50. The van der Waals surface area contributed by atoms with Crippen molar-refractivity contribution in [2.24, 2.45) is 0 Å². The minimum atomic E-state index is 0. The second-order valence-electron chi connectivity index (χ2n) is 1.00. The zero-order valence-corrected chi connectivity index (χ0v) is 5.94. The van der Waals surface area contributed by atoms with E-state index in [4.69, 9.17) is 0 Å². The normalized spacial score (nSPS) is 14.7. The molecule has 0 N–H and O–H groups in total. The first kappa shape index (κ1) is 6.48. The average Bonchev–Trinajstić information content (AvgIpc) is 1.76. The molecule has 0 spiro atoms. The molecule has 6 heavy (non-hydrogen) atoms. The van der Waals surface area contributed by atoms with Gasteiger partial charge in [-0.2, -0.15) is 6.08 Å². The van der Waals surface area contributed by atoms with Gasteiger partial charge in [-0.25, -0.2) is 12.2 Å². The van der Waals surface area contributed by atoms with E-state index in [-0.39, 0.29) is 29.6 Å². The van der Waals surface area contributed by atoms with Gasteiger partial charge in [-0.3, -0.25) is 6.08 Å². The van der Waals surface area contributed by atoms with Gasteiger partial charge in [0.05, 0.1) is 0 Å². The summed E-state index contributed by atoms with van der Waals surface area (Å²) in [6.45, 7) is 0. The number of hydrogen-bond acceptors (Lipinski definition) is 0. The van der Waals surface area contributed by atoms with Gasteiger partial charge in [0.15, 0.2) is 0 Å². The molecule has 0 unspecified atom stereocenters. The van der Waals surface area contributed by atoms with Gasteiger partial charge in [0, 0.05) is 0 Å². The number of rotatable bonds is 0. The zero-order valence-electron chi connectivity index (χ0n) is 3.94. The Kier molecular flexibility index (Phi) is 3.96. The topological polar surface area (TPSA) is 0 Å². The fourth-order valence-electron chi connectivity index (χ4n) is 0.340. The van der Waals surface area contributed by atoms with Crippen LogP contribution in [0.25, 0.3) is 0 Å². The molecule has 26 valence electrons. The van der Waals surface area contributed by atoms with Crippen LogP contribution in [0.2, 0.25) is 0 Å². The van der Waals surface area contributed by atoms with Gasteiger partial charge in [-0.15, -0.1) is 6.42 Å². The Morgan fingerprint density at radius 2 is 2.33 bits per heavy atom. The van der Waals surface area contributed by atoms with Gasteiger partial charge >= 0.3 is 29.6 Å². The molecule has 0 aliphatic heterocycles. The number of allylic oxidation sites excluding steroid dienone is 4. The minimum absolute atomic E-state index is 0. The van der Waals surface area contributed by atoms with E-state index in [0.29, 0.717) is 0 Å². The summed E-state index contributed by atoms with van der Waals surface area (Å²) >= 11 is 0. The van der Waals surface area contributed by atoms with Crippen molar-refractivity contribution in [2.75, 3.05) is 0 Å². The van der Waals surface area contributed by atoms with E-state index in [2.05, 4.69) is 12.2 Å². The SMILES string of the molecule is [C-]1=CC=CC1.[Na+]. The molecule has 0 atom stereocenters. The second-order valence-corrected chi connectivity index (χ2v) is 1.00. The predicted octanol–water partition coefficient (Wildman–Crippen LogP) is -1.69. The van der Waals surface area contributed by atoms with Crippen molar-refractivity contribution in [3.8, 4) is 0 Å². The Labute approximate surface area is 60.2 Å². The third-order valence-electron chi connectivity index (χ3n) is 0.586. The van der Waals surface area contributed by atoms with Crippen LogP contribution in [0.4, 0.5) is 0 Å². The molecule has 1 rings (SSSR count). The molecule has 0 bridgehead atoms. The van der Waals surface area contributed by atoms with Crippen LogP contribution < -0.4 is 29.6 Å². The summed E-state index contributed by atoms with van der Waals surface area (Å²) in [7, 11) is 0. The third kappa shape index (κ3) is 1.81. The molecule has 0 saturated heterocycles. The molecule has 0 aromatic carbocycles. The van der Waals surface area contributed by atoms with Gasteiger partial charge in [0.1, 0.15) is 0 Å². The van der Waals surface area contributed by atoms with E-state index in [0.717, 1.165) is 6.42 Å². The Bertz CT molecular complexity index is 62.0. The van der Waals surface area contributed by atoms with Crippen LogP contribution in [0, 0.1) is 6.08 Å². The van der Waals surface area contributed by atoms with E-state index < -0.39 is 0 Å². The molecule has 0 saturated carbocycles. The molecule has 0 amide bonds. The van der Waals surface area contributed by atoms with E-state index in [1.165, 1.54) is 0 Å². The summed E-state index contributed by atoms with van der Waals surface area (Å²) in [5.41, 5.74) is 0. The van der Waals surface area contributed by atoms with Crippen LogP contribution in [0.3, 0.4) is 0 Å². The molecule has 0 aromatic heterocycles. The van der Waals surface area contributed by atoms with Crippen LogP contribution in [-0.4, -0.2) is 0 Å². The number of hydrogen-bond donors (Lipinski definition) is 0. The second kappa shape index (κ2) is 3.66. The Hall–Kier alpha value is 0.480. The van der Waals surface area contributed by atoms with Gasteiger partial charge < -0.3 is 0 Å². The molecule has 1 heteroatoms. The van der Waals surface area contributed by atoms with Crippen molar-refractivity contribution in [2.45, 2.75) is 6.42 Å². The first-order valence-corrected chi connectivity index (χ1v) is 1.72. The fourth-order valence-corrected chi connectivity index (χ4v) is 0.340. The molecular weight excluding hydrogens is 83.0 g/mol. The van der Waals surface area contributed by atoms with Crippen LogP contribution >= 0.6 is 0 Å². The Morgan fingerprint density at radius 3 is 2.50 bits per heavy atom. The maximum atomic E-state index is 2.99. The van der Waals surface area contributed by atoms with E-state index in [1.54, 1.807) is 0 Å². The quantitative estimate of drug-likeness (QED) is 0.245. The third-order valence-corrected chi connectivity index (χ3v) is 0.586. The summed E-state index contributed by atoms with van der Waals surface area (Å²) in [5, 5.41) is 0. The van der Waals surface area contributed by atoms with E-state index in [9.17, 15) is 0 Å². The van der Waals surface area contributed by atoms with Crippen molar-refractivity contribution in [3.63, 3.8) is 0 Å².